The largest absolute Gasteiger partial charge is 0.468 e. The fourth-order valence-electron chi connectivity index (χ4n) is 1.54. The van der Waals surface area contributed by atoms with Crippen LogP contribution in [0.3, 0.4) is 0 Å². The first kappa shape index (κ1) is 12.4. The predicted molar refractivity (Wildman–Crippen MR) is 51.3 cm³/mol. The number of morpholine rings is 1. The van der Waals surface area contributed by atoms with E-state index in [0.717, 1.165) is 0 Å². The van der Waals surface area contributed by atoms with Gasteiger partial charge in [-0.3, -0.25) is 9.69 Å². The minimum Gasteiger partial charge on any atom is -0.468 e. The van der Waals surface area contributed by atoms with E-state index in [9.17, 15) is 9.90 Å². The van der Waals surface area contributed by atoms with E-state index in [1.165, 1.54) is 7.11 Å². The Kier molecular flexibility index (Phi) is 4.97. The quantitative estimate of drug-likeness (QED) is 0.544. The van der Waals surface area contributed by atoms with Crippen molar-refractivity contribution in [2.24, 2.45) is 0 Å². The predicted octanol–water partition coefficient (Wildman–Crippen LogP) is -1.79. The third-order valence-electron chi connectivity index (χ3n) is 2.37. The van der Waals surface area contributed by atoms with Crippen LogP contribution in [0.15, 0.2) is 0 Å². The molecule has 0 amide bonds. The fraction of sp³-hybridized carbons (Fsp3) is 0.889. The summed E-state index contributed by atoms with van der Waals surface area (Å²) in [6.45, 7) is 1.28. The Labute approximate surface area is 88.4 Å². The van der Waals surface area contributed by atoms with Crippen molar-refractivity contribution >= 4 is 5.97 Å². The molecule has 0 aromatic rings. The average molecular weight is 219 g/mol. The van der Waals surface area contributed by atoms with Crippen molar-refractivity contribution in [2.75, 3.05) is 40.0 Å². The second-order valence-corrected chi connectivity index (χ2v) is 3.45. The highest BCUT2D eigenvalue weighted by Gasteiger charge is 2.31. The second-order valence-electron chi connectivity index (χ2n) is 3.45. The summed E-state index contributed by atoms with van der Waals surface area (Å²) in [6.07, 6.45) is -0.838. The van der Waals surface area contributed by atoms with Crippen LogP contribution < -0.4 is 0 Å². The number of methoxy groups -OCH3 is 1. The molecule has 0 aromatic carbocycles. The Morgan fingerprint density at radius 3 is 3.07 bits per heavy atom. The average Bonchev–Trinajstić information content (AvgIpc) is 2.28. The van der Waals surface area contributed by atoms with Crippen molar-refractivity contribution in [1.82, 2.24) is 4.90 Å². The van der Waals surface area contributed by atoms with Crippen LogP contribution in [-0.4, -0.2) is 73.2 Å². The van der Waals surface area contributed by atoms with Gasteiger partial charge in [-0.2, -0.15) is 0 Å². The molecule has 1 aliphatic heterocycles. The third kappa shape index (κ3) is 3.42. The summed E-state index contributed by atoms with van der Waals surface area (Å²) in [5.41, 5.74) is 0. The van der Waals surface area contributed by atoms with Crippen molar-refractivity contribution < 1.29 is 24.5 Å². The van der Waals surface area contributed by atoms with Gasteiger partial charge in [-0.1, -0.05) is 0 Å². The van der Waals surface area contributed by atoms with Crippen LogP contribution in [0.4, 0.5) is 0 Å². The van der Waals surface area contributed by atoms with Crippen LogP contribution in [0, 0.1) is 0 Å². The number of rotatable bonds is 4. The van der Waals surface area contributed by atoms with Crippen molar-refractivity contribution in [3.05, 3.63) is 0 Å². The second kappa shape index (κ2) is 6.02. The van der Waals surface area contributed by atoms with Gasteiger partial charge in [0.25, 0.3) is 0 Å². The van der Waals surface area contributed by atoms with Gasteiger partial charge in [0.2, 0.25) is 0 Å². The van der Waals surface area contributed by atoms with Gasteiger partial charge in [-0.15, -0.1) is 0 Å². The van der Waals surface area contributed by atoms with E-state index in [0.29, 0.717) is 13.2 Å². The Morgan fingerprint density at radius 1 is 1.73 bits per heavy atom. The lowest BCUT2D eigenvalue weighted by atomic mass is 10.2. The highest BCUT2D eigenvalue weighted by atomic mass is 16.5. The molecule has 0 aromatic heterocycles. The van der Waals surface area contributed by atoms with Crippen molar-refractivity contribution in [3.8, 4) is 0 Å². The first-order chi connectivity index (χ1) is 7.19. The number of aliphatic hydroxyl groups excluding tert-OH is 2. The Balaban J connectivity index is 2.53. The van der Waals surface area contributed by atoms with E-state index in [4.69, 9.17) is 9.84 Å². The summed E-state index contributed by atoms with van der Waals surface area (Å²) in [5, 5.41) is 18.0. The SMILES string of the molecule is COC(=O)C1COCCN1CC(O)CO. The van der Waals surface area contributed by atoms with Crippen LogP contribution >= 0.6 is 0 Å². The van der Waals surface area contributed by atoms with Crippen LogP contribution in [0.1, 0.15) is 0 Å². The zero-order valence-electron chi connectivity index (χ0n) is 8.76. The molecule has 0 saturated carbocycles. The van der Waals surface area contributed by atoms with Crippen LogP contribution in [0.2, 0.25) is 0 Å². The lowest BCUT2D eigenvalue weighted by molar-refractivity contribution is -0.154. The molecule has 15 heavy (non-hydrogen) atoms. The van der Waals surface area contributed by atoms with Gasteiger partial charge >= 0.3 is 5.97 Å². The fourth-order valence-corrected chi connectivity index (χ4v) is 1.54. The van der Waals surface area contributed by atoms with Gasteiger partial charge in [-0.05, 0) is 0 Å². The number of hydrogen-bond acceptors (Lipinski definition) is 6. The standard InChI is InChI=1S/C9H17NO5/c1-14-9(13)8-6-15-3-2-10(8)4-7(12)5-11/h7-8,11-12H,2-6H2,1H3. The molecule has 2 N–H and O–H groups in total. The monoisotopic (exact) mass is 219 g/mol. The molecule has 6 nitrogen and oxygen atoms in total. The Bertz CT molecular complexity index is 211. The maximum absolute atomic E-state index is 11.4. The Hall–Kier alpha value is -0.690. The maximum Gasteiger partial charge on any atom is 0.325 e. The summed E-state index contributed by atoms with van der Waals surface area (Å²) < 4.78 is 9.79. The molecule has 2 atom stereocenters. The van der Waals surface area contributed by atoms with E-state index < -0.39 is 12.1 Å². The summed E-state index contributed by atoms with van der Waals surface area (Å²) in [4.78, 5) is 13.1. The highest BCUT2D eigenvalue weighted by Crippen LogP contribution is 2.09. The molecule has 0 aliphatic carbocycles. The molecule has 6 heteroatoms. The molecule has 0 radical (unpaired) electrons. The molecular weight excluding hydrogens is 202 g/mol. The number of carbonyl (C=O) groups excluding carboxylic acids is 1. The van der Waals surface area contributed by atoms with E-state index in [2.05, 4.69) is 4.74 Å². The molecule has 1 heterocycles. The van der Waals surface area contributed by atoms with Crippen LogP contribution in [0.5, 0.6) is 0 Å². The maximum atomic E-state index is 11.4. The number of hydrogen-bond donors (Lipinski definition) is 2. The van der Waals surface area contributed by atoms with Crippen molar-refractivity contribution in [1.29, 1.82) is 0 Å². The first-order valence-electron chi connectivity index (χ1n) is 4.87. The molecule has 88 valence electrons. The van der Waals surface area contributed by atoms with Gasteiger partial charge in [0.1, 0.15) is 6.04 Å². The van der Waals surface area contributed by atoms with Crippen LogP contribution in [0.25, 0.3) is 0 Å². The van der Waals surface area contributed by atoms with Crippen LogP contribution in [-0.2, 0) is 14.3 Å². The summed E-state index contributed by atoms with van der Waals surface area (Å²) in [5.74, 6) is -0.375. The smallest absolute Gasteiger partial charge is 0.325 e. The number of ether oxygens (including phenoxy) is 2. The zero-order valence-corrected chi connectivity index (χ0v) is 8.76. The molecule has 1 fully saturated rings. The van der Waals surface area contributed by atoms with Gasteiger partial charge < -0.3 is 19.7 Å². The number of carbonyl (C=O) groups is 1. The molecule has 1 aliphatic rings. The van der Waals surface area contributed by atoms with Gasteiger partial charge in [-0.25, -0.2) is 0 Å². The summed E-state index contributed by atoms with van der Waals surface area (Å²) >= 11 is 0. The van der Waals surface area contributed by atoms with E-state index >= 15 is 0 Å². The molecule has 2 unspecified atom stereocenters. The van der Waals surface area contributed by atoms with Gasteiger partial charge in [0.05, 0.1) is 33.0 Å². The number of β-amino-alcohol motifs (C(OH)–C–C–N with tert-alkyl or cyclic N) is 1. The molecule has 0 spiro atoms. The minimum atomic E-state index is -0.838. The van der Waals surface area contributed by atoms with E-state index in [1.807, 2.05) is 0 Å². The van der Waals surface area contributed by atoms with Gasteiger partial charge in [0, 0.05) is 13.1 Å². The Morgan fingerprint density at radius 2 is 2.47 bits per heavy atom. The first-order valence-corrected chi connectivity index (χ1v) is 4.87. The lowest BCUT2D eigenvalue weighted by Crippen LogP contribution is -2.53. The normalized spacial score (nSPS) is 24.9. The van der Waals surface area contributed by atoms with Gasteiger partial charge in [0.15, 0.2) is 0 Å². The highest BCUT2D eigenvalue weighted by molar-refractivity contribution is 5.75. The third-order valence-corrected chi connectivity index (χ3v) is 2.37. The summed E-state index contributed by atoms with van der Waals surface area (Å²) in [7, 11) is 1.32. The zero-order chi connectivity index (χ0) is 11.3. The molecule has 0 bridgehead atoms. The lowest BCUT2D eigenvalue weighted by Gasteiger charge is -2.34. The molecule has 1 rings (SSSR count). The molecule has 1 saturated heterocycles. The minimum absolute atomic E-state index is 0.250. The number of aliphatic hydroxyl groups is 2. The summed E-state index contributed by atoms with van der Waals surface area (Å²) in [6, 6.07) is -0.482. The van der Waals surface area contributed by atoms with E-state index in [1.54, 1.807) is 4.90 Å². The molecular formula is C9H17NO5. The number of nitrogens with zero attached hydrogens (tertiary/aromatic N) is 1. The van der Waals surface area contributed by atoms with E-state index in [-0.39, 0.29) is 25.7 Å². The van der Waals surface area contributed by atoms with Crippen molar-refractivity contribution in [3.63, 3.8) is 0 Å². The topological polar surface area (TPSA) is 79.2 Å². The van der Waals surface area contributed by atoms with Crippen molar-refractivity contribution in [2.45, 2.75) is 12.1 Å². The number of esters is 1.